The zero-order chi connectivity index (χ0) is 20.6. The summed E-state index contributed by atoms with van der Waals surface area (Å²) in [6.45, 7) is 0. The van der Waals surface area contributed by atoms with E-state index in [-0.39, 0.29) is 90.4 Å². The molecule has 8 aromatic heterocycles. The highest BCUT2D eigenvalue weighted by Crippen LogP contribution is 2.21. The maximum atomic E-state index is 4.44. The first-order valence-corrected chi connectivity index (χ1v) is 9.16. The number of hydrogen-bond donors (Lipinski definition) is 0. The fourth-order valence-electron chi connectivity index (χ4n) is 3.60. The molecule has 8 rings (SSSR count). The van der Waals surface area contributed by atoms with Crippen molar-refractivity contribution in [3.63, 3.8) is 0 Å². The quantitative estimate of drug-likeness (QED) is 0.287. The number of nitrogens with zero attached hydrogens (tertiary/aromatic N) is 16. The molecular formula is C16N16. The van der Waals surface area contributed by atoms with E-state index in [9.17, 15) is 0 Å². The van der Waals surface area contributed by atoms with Gasteiger partial charge in [0, 0.05) is 0 Å². The molecule has 0 aliphatic rings. The Hall–Kier alpha value is -5.28. The van der Waals surface area contributed by atoms with Crippen LogP contribution in [0.3, 0.4) is 0 Å². The van der Waals surface area contributed by atoms with Crippen LogP contribution in [0, 0.1) is 0 Å². The Morgan fingerprint density at radius 1 is 0.125 bits per heavy atom. The van der Waals surface area contributed by atoms with Gasteiger partial charge in [0.2, 0.25) is 90.4 Å². The number of hydrogen-bond acceptors (Lipinski definition) is 16. The summed E-state index contributed by atoms with van der Waals surface area (Å²) < 4.78 is 0. The SMILES string of the molecule is n1c2nc3nc4nc5nc6nc7nc8nc1c1nc2nc3nc4nc5nc6nc7nc8n1. The van der Waals surface area contributed by atoms with Crippen LogP contribution in [-0.4, -0.2) is 79.7 Å². The van der Waals surface area contributed by atoms with Crippen molar-refractivity contribution < 1.29 is 0 Å². The Labute approximate surface area is 170 Å². The second-order valence-corrected chi connectivity index (χ2v) is 6.97. The third-order valence-electron chi connectivity index (χ3n) is 4.99. The third-order valence-corrected chi connectivity index (χ3v) is 4.99. The zero-order valence-corrected chi connectivity index (χ0v) is 15.2. The third kappa shape index (κ3) is 1.69. The summed E-state index contributed by atoms with van der Waals surface area (Å²) in [5.41, 5.74) is 3.64. The summed E-state index contributed by atoms with van der Waals surface area (Å²) >= 11 is 0. The van der Waals surface area contributed by atoms with Crippen molar-refractivity contribution in [2.24, 2.45) is 0 Å². The molecule has 0 fully saturated rings. The van der Waals surface area contributed by atoms with E-state index in [2.05, 4.69) is 79.7 Å². The molecule has 0 N–H and O–H groups in total. The van der Waals surface area contributed by atoms with Crippen molar-refractivity contribution in [1.82, 2.24) is 79.7 Å². The van der Waals surface area contributed by atoms with Crippen molar-refractivity contribution in [1.29, 1.82) is 0 Å². The minimum absolute atomic E-state index is 0.227. The van der Waals surface area contributed by atoms with Gasteiger partial charge in [-0.3, -0.25) is 0 Å². The van der Waals surface area contributed by atoms with Crippen LogP contribution in [0.25, 0.3) is 90.4 Å². The smallest absolute Gasteiger partial charge is 0.202 e. The Bertz CT molecular complexity index is 1490. The van der Waals surface area contributed by atoms with E-state index in [4.69, 9.17) is 0 Å². The van der Waals surface area contributed by atoms with E-state index >= 15 is 0 Å². The van der Waals surface area contributed by atoms with Gasteiger partial charge in [0.05, 0.1) is 0 Å². The summed E-state index contributed by atoms with van der Waals surface area (Å²) in [6.07, 6.45) is 0. The first kappa shape index (κ1) is 14.7. The lowest BCUT2D eigenvalue weighted by molar-refractivity contribution is 1.10. The van der Waals surface area contributed by atoms with Gasteiger partial charge in [-0.1, -0.05) is 0 Å². The maximum absolute atomic E-state index is 4.44. The van der Waals surface area contributed by atoms with Gasteiger partial charge in [-0.2, -0.15) is 0 Å². The first-order chi connectivity index (χ1) is 15.7. The van der Waals surface area contributed by atoms with E-state index in [1.54, 1.807) is 0 Å². The summed E-state index contributed by atoms with van der Waals surface area (Å²) in [4.78, 5) is 71.0. The van der Waals surface area contributed by atoms with Crippen molar-refractivity contribution in [3.05, 3.63) is 0 Å². The molecule has 0 aliphatic heterocycles. The van der Waals surface area contributed by atoms with Crippen molar-refractivity contribution in [2.45, 2.75) is 0 Å². The zero-order valence-electron chi connectivity index (χ0n) is 15.2. The molecule has 32 heavy (non-hydrogen) atoms. The molecule has 8 heterocycles. The molecule has 16 nitrogen and oxygen atoms in total. The highest BCUT2D eigenvalue weighted by atomic mass is 15.2. The normalized spacial score (nSPS) is 13.0. The molecule has 0 spiro atoms. The molecule has 0 radical (unpaired) electrons. The van der Waals surface area contributed by atoms with Crippen LogP contribution in [0.2, 0.25) is 0 Å². The van der Waals surface area contributed by atoms with Crippen LogP contribution in [0.5, 0.6) is 0 Å². The summed E-state index contributed by atoms with van der Waals surface area (Å²) in [7, 11) is 0. The molecule has 8 aromatic rings. The molecule has 0 atom stereocenters. The van der Waals surface area contributed by atoms with Gasteiger partial charge in [0.1, 0.15) is 0 Å². The summed E-state index contributed by atoms with van der Waals surface area (Å²) in [5, 5.41) is 0. The molecule has 0 aromatic carbocycles. The van der Waals surface area contributed by atoms with Gasteiger partial charge in [-0.25, -0.2) is 79.7 Å². The van der Waals surface area contributed by atoms with E-state index in [1.165, 1.54) is 0 Å². The van der Waals surface area contributed by atoms with Crippen LogP contribution in [0.4, 0.5) is 0 Å². The fraction of sp³-hybridized carbons (Fsp3) is 0. The minimum Gasteiger partial charge on any atom is -0.202 e. The predicted octanol–water partition coefficient (Wildman–Crippen LogP) is -0.454. The molecule has 0 unspecified atom stereocenters. The number of rotatable bonds is 0. The maximum Gasteiger partial charge on any atom is 0.202 e. The molecule has 0 saturated carbocycles. The number of fused-ring (bicyclic) bond motifs is 8. The van der Waals surface area contributed by atoms with Crippen LogP contribution in [0.1, 0.15) is 0 Å². The molecule has 0 saturated heterocycles. The monoisotopic (exact) mass is 416 g/mol. The molecular weight excluding hydrogens is 416 g/mol. The van der Waals surface area contributed by atoms with Crippen molar-refractivity contribution in [2.75, 3.05) is 0 Å². The lowest BCUT2D eigenvalue weighted by Gasteiger charge is -2.05. The Kier molecular flexibility index (Phi) is 2.09. The summed E-state index contributed by atoms with van der Waals surface area (Å²) in [5.74, 6) is 0. The van der Waals surface area contributed by atoms with Gasteiger partial charge in [-0.05, 0) is 0 Å². The Morgan fingerprint density at radius 2 is 0.188 bits per heavy atom. The standard InChI is InChI=1S/C16N16/c17-1-2-19-5-3(17)21-7-9(23-5)27-13-11(25-7)29-15-16(31-13)32-14-12(30-15)26-8-10(28-14)24-6(20-2)4(18-1)22-8. The highest BCUT2D eigenvalue weighted by Gasteiger charge is 2.18. The second kappa shape index (κ2) is 4.56. The van der Waals surface area contributed by atoms with Gasteiger partial charge in [0.25, 0.3) is 0 Å². The Morgan fingerprint density at radius 3 is 0.250 bits per heavy atom. The molecule has 144 valence electrons. The average molecular weight is 416 g/mol. The predicted molar refractivity (Wildman–Crippen MR) is 105 cm³/mol. The van der Waals surface area contributed by atoms with Crippen LogP contribution in [0.15, 0.2) is 0 Å². The van der Waals surface area contributed by atoms with Gasteiger partial charge in [0.15, 0.2) is 0 Å². The fourth-order valence-corrected chi connectivity index (χ4v) is 3.60. The van der Waals surface area contributed by atoms with E-state index in [1.807, 2.05) is 0 Å². The highest BCUT2D eigenvalue weighted by molar-refractivity contribution is 5.91. The molecule has 0 aliphatic carbocycles. The summed E-state index contributed by atoms with van der Waals surface area (Å²) in [6, 6.07) is 0. The lowest BCUT2D eigenvalue weighted by atomic mass is 10.4. The topological polar surface area (TPSA) is 206 Å². The van der Waals surface area contributed by atoms with Gasteiger partial charge in [-0.15, -0.1) is 0 Å². The second-order valence-electron chi connectivity index (χ2n) is 6.97. The number of aromatic nitrogens is 16. The minimum atomic E-state index is 0.227. The largest absolute Gasteiger partial charge is 0.202 e. The Balaban J connectivity index is 1.66. The van der Waals surface area contributed by atoms with E-state index in [0.717, 1.165) is 0 Å². The van der Waals surface area contributed by atoms with Gasteiger partial charge >= 0.3 is 0 Å². The lowest BCUT2D eigenvalue weighted by Crippen LogP contribution is -2.06. The van der Waals surface area contributed by atoms with E-state index in [0.29, 0.717) is 0 Å². The van der Waals surface area contributed by atoms with Crippen LogP contribution < -0.4 is 0 Å². The average Bonchev–Trinajstić information content (AvgIpc) is 2.78. The van der Waals surface area contributed by atoms with Crippen LogP contribution >= 0.6 is 0 Å². The molecule has 0 bridgehead atoms. The van der Waals surface area contributed by atoms with E-state index < -0.39 is 0 Å². The van der Waals surface area contributed by atoms with Crippen molar-refractivity contribution in [3.8, 4) is 0 Å². The van der Waals surface area contributed by atoms with Crippen molar-refractivity contribution >= 4 is 90.4 Å². The van der Waals surface area contributed by atoms with Gasteiger partial charge < -0.3 is 0 Å². The first-order valence-electron chi connectivity index (χ1n) is 9.16. The van der Waals surface area contributed by atoms with Crippen LogP contribution in [-0.2, 0) is 0 Å². The molecule has 0 amide bonds. The molecule has 16 heteroatoms.